The summed E-state index contributed by atoms with van der Waals surface area (Å²) in [4.78, 5) is 39.3. The first-order chi connectivity index (χ1) is 16.2. The summed E-state index contributed by atoms with van der Waals surface area (Å²) in [6, 6.07) is 9.60. The van der Waals surface area contributed by atoms with Crippen LogP contribution in [-0.4, -0.2) is 40.5 Å². The number of ether oxygens (including phenoxy) is 1. The number of nitrogens with one attached hydrogen (secondary N) is 1. The van der Waals surface area contributed by atoms with Crippen LogP contribution in [-0.2, 0) is 25.5 Å². The molecule has 1 aromatic carbocycles. The van der Waals surface area contributed by atoms with Crippen LogP contribution >= 0.6 is 0 Å². The maximum atomic E-state index is 13.7. The number of aliphatic hydroxyl groups excluding tert-OH is 1. The molecule has 1 amide bonds. The number of hydrogen-bond acceptors (Lipinski definition) is 5. The summed E-state index contributed by atoms with van der Waals surface area (Å²) < 4.78 is 6.07. The van der Waals surface area contributed by atoms with Crippen molar-refractivity contribution in [3.05, 3.63) is 70.8 Å². The topological polar surface area (TPSA) is 92.7 Å². The summed E-state index contributed by atoms with van der Waals surface area (Å²) in [5, 5.41) is 14.4. The summed E-state index contributed by atoms with van der Waals surface area (Å²) in [7, 11) is 0. The normalized spacial score (nSPS) is 36.8. The molecule has 0 saturated carbocycles. The van der Waals surface area contributed by atoms with Crippen molar-refractivity contribution in [2.75, 3.05) is 0 Å². The molecule has 6 atom stereocenters. The molecule has 0 aromatic heterocycles. The average Bonchev–Trinajstić information content (AvgIpc) is 3.08. The molecule has 34 heavy (non-hydrogen) atoms. The van der Waals surface area contributed by atoms with Crippen LogP contribution < -0.4 is 5.32 Å². The maximum absolute atomic E-state index is 13.7. The van der Waals surface area contributed by atoms with Crippen LogP contribution in [0.4, 0.5) is 0 Å². The van der Waals surface area contributed by atoms with Gasteiger partial charge in [-0.1, -0.05) is 61.1 Å². The van der Waals surface area contributed by atoms with Crippen molar-refractivity contribution in [3.8, 4) is 0 Å². The van der Waals surface area contributed by atoms with E-state index in [-0.39, 0.29) is 30.1 Å². The highest BCUT2D eigenvalue weighted by Crippen LogP contribution is 2.50. The third-order valence-corrected chi connectivity index (χ3v) is 7.73. The fourth-order valence-corrected chi connectivity index (χ4v) is 5.72. The first-order valence-electron chi connectivity index (χ1n) is 12.0. The number of ketones is 1. The predicted molar refractivity (Wildman–Crippen MR) is 129 cm³/mol. The van der Waals surface area contributed by atoms with Crippen LogP contribution in [0.25, 0.3) is 0 Å². The quantitative estimate of drug-likeness (QED) is 0.518. The first-order valence-corrected chi connectivity index (χ1v) is 12.0. The number of amides is 1. The van der Waals surface area contributed by atoms with Gasteiger partial charge in [0.15, 0.2) is 5.78 Å². The molecule has 2 heterocycles. The number of aliphatic hydroxyl groups is 1. The Balaban J connectivity index is 1.82. The van der Waals surface area contributed by atoms with E-state index < -0.39 is 29.5 Å². The lowest BCUT2D eigenvalue weighted by molar-refractivity contribution is -0.179. The van der Waals surface area contributed by atoms with Gasteiger partial charge in [0, 0.05) is 12.0 Å². The molecule has 2 aliphatic heterocycles. The molecule has 0 unspecified atom stereocenters. The van der Waals surface area contributed by atoms with E-state index in [1.165, 1.54) is 0 Å². The lowest BCUT2D eigenvalue weighted by Gasteiger charge is -2.46. The van der Waals surface area contributed by atoms with Gasteiger partial charge in [-0.3, -0.25) is 14.4 Å². The molecule has 1 aliphatic carbocycles. The Morgan fingerprint density at radius 1 is 1.09 bits per heavy atom. The number of benzene rings is 1. The Kier molecular flexibility index (Phi) is 6.63. The highest BCUT2D eigenvalue weighted by atomic mass is 16.6. The zero-order valence-electron chi connectivity index (χ0n) is 20.2. The number of carbonyl (C=O) groups is 3. The van der Waals surface area contributed by atoms with E-state index >= 15 is 0 Å². The van der Waals surface area contributed by atoms with Crippen molar-refractivity contribution in [1.82, 2.24) is 5.32 Å². The molecule has 180 valence electrons. The van der Waals surface area contributed by atoms with Crippen LogP contribution in [0, 0.1) is 17.8 Å². The van der Waals surface area contributed by atoms with Gasteiger partial charge in [-0.05, 0) is 50.3 Å². The first kappa shape index (κ1) is 24.1. The van der Waals surface area contributed by atoms with E-state index in [9.17, 15) is 19.5 Å². The molecule has 0 radical (unpaired) electrons. The third kappa shape index (κ3) is 4.05. The van der Waals surface area contributed by atoms with Crippen LogP contribution in [0.5, 0.6) is 0 Å². The second-order valence-corrected chi connectivity index (χ2v) is 9.87. The van der Waals surface area contributed by atoms with Gasteiger partial charge in [0.25, 0.3) is 5.91 Å². The predicted octanol–water partition coefficient (Wildman–Crippen LogP) is 3.45. The molecule has 6 heteroatoms. The summed E-state index contributed by atoms with van der Waals surface area (Å²) in [6.45, 7) is 7.33. The van der Waals surface area contributed by atoms with Gasteiger partial charge in [-0.15, -0.1) is 0 Å². The second kappa shape index (κ2) is 9.34. The van der Waals surface area contributed by atoms with E-state index in [2.05, 4.69) is 5.32 Å². The lowest BCUT2D eigenvalue weighted by atomic mass is 9.63. The van der Waals surface area contributed by atoms with Crippen molar-refractivity contribution < 1.29 is 24.2 Å². The smallest absolute Gasteiger partial charge is 0.310 e. The van der Waals surface area contributed by atoms with E-state index in [0.29, 0.717) is 18.4 Å². The fraction of sp³-hybridized carbons (Fsp3) is 0.464. The van der Waals surface area contributed by atoms with Gasteiger partial charge in [-0.2, -0.15) is 0 Å². The van der Waals surface area contributed by atoms with Crippen LogP contribution in [0.1, 0.15) is 46.1 Å². The van der Waals surface area contributed by atoms with Crippen molar-refractivity contribution in [2.45, 2.75) is 64.7 Å². The van der Waals surface area contributed by atoms with E-state index in [1.54, 1.807) is 19.1 Å². The molecular formula is C28H33NO5. The van der Waals surface area contributed by atoms with Gasteiger partial charge in [0.1, 0.15) is 0 Å². The minimum atomic E-state index is -1.55. The summed E-state index contributed by atoms with van der Waals surface area (Å²) in [6.07, 6.45) is 5.15. The van der Waals surface area contributed by atoms with Gasteiger partial charge in [0.05, 0.1) is 24.4 Å². The number of Topliss-reactive ketones (excluding diaryl/α,β-unsaturated/α-hetero) is 1. The Bertz CT molecular complexity index is 1090. The Morgan fingerprint density at radius 2 is 1.79 bits per heavy atom. The zero-order chi connectivity index (χ0) is 24.6. The minimum absolute atomic E-state index is 0.0248. The summed E-state index contributed by atoms with van der Waals surface area (Å²) >= 11 is 0. The number of carbonyl (C=O) groups excluding carboxylic acids is 3. The van der Waals surface area contributed by atoms with Gasteiger partial charge in [-0.25, -0.2) is 0 Å². The molecule has 3 aliphatic rings. The number of esters is 1. The lowest BCUT2D eigenvalue weighted by Crippen LogP contribution is -2.59. The average molecular weight is 464 g/mol. The van der Waals surface area contributed by atoms with Crippen molar-refractivity contribution in [2.24, 2.45) is 17.8 Å². The van der Waals surface area contributed by atoms with E-state index in [4.69, 9.17) is 4.74 Å². The zero-order valence-corrected chi connectivity index (χ0v) is 20.2. The molecule has 1 fully saturated rings. The van der Waals surface area contributed by atoms with Crippen LogP contribution in [0.15, 0.2) is 65.3 Å². The second-order valence-electron chi connectivity index (χ2n) is 9.87. The minimum Gasteiger partial charge on any atom is -0.447 e. The number of allylic oxidation sites excluding steroid dienone is 2. The molecule has 1 saturated heterocycles. The highest BCUT2D eigenvalue weighted by Gasteiger charge is 2.66. The highest BCUT2D eigenvalue weighted by molar-refractivity contribution is 5.97. The Morgan fingerprint density at radius 3 is 2.50 bits per heavy atom. The molecule has 4 rings (SSSR count). The van der Waals surface area contributed by atoms with Gasteiger partial charge < -0.3 is 15.2 Å². The van der Waals surface area contributed by atoms with E-state index in [1.807, 2.05) is 57.2 Å². The van der Waals surface area contributed by atoms with Crippen LogP contribution in [0.3, 0.4) is 0 Å². The largest absolute Gasteiger partial charge is 0.447 e. The maximum Gasteiger partial charge on any atom is 0.310 e. The van der Waals surface area contributed by atoms with Crippen molar-refractivity contribution >= 4 is 17.7 Å². The van der Waals surface area contributed by atoms with Crippen molar-refractivity contribution in [3.63, 3.8) is 0 Å². The molecule has 1 aromatic rings. The van der Waals surface area contributed by atoms with Crippen molar-refractivity contribution in [1.29, 1.82) is 0 Å². The Hall–Kier alpha value is -2.99. The third-order valence-electron chi connectivity index (χ3n) is 7.73. The Labute approximate surface area is 200 Å². The SMILES string of the molecule is CC1=C(C)[C@H]2[C@H](Cc3ccccc3)NC(=O)[C@]23OC(=O)C/C=C(/C)C(=O)[C@@H](C)C/C=C/[C@H]3[C@@H]1O. The standard InChI is InChI=1S/C28H33NO5/c1-16-9-8-12-21-26(32)19(4)18(3)24-22(15-20-10-6-5-7-11-20)29-27(33)28(21,24)34-23(30)14-13-17(2)25(16)31/h5-8,10-13,16,21-22,24,26,32H,9,14-15H2,1-4H3,(H,29,33)/b12-8+,17-13-/t16-,21-,22-,24-,26+,28+/m0/s1. The summed E-state index contributed by atoms with van der Waals surface area (Å²) in [5.74, 6) is -2.43. The van der Waals surface area contributed by atoms with Gasteiger partial charge >= 0.3 is 5.97 Å². The van der Waals surface area contributed by atoms with Gasteiger partial charge in [0.2, 0.25) is 5.60 Å². The number of hydrogen-bond donors (Lipinski definition) is 2. The van der Waals surface area contributed by atoms with E-state index in [0.717, 1.165) is 16.7 Å². The fourth-order valence-electron chi connectivity index (χ4n) is 5.72. The van der Waals surface area contributed by atoms with Crippen LogP contribution in [0.2, 0.25) is 0 Å². The molecule has 2 N–H and O–H groups in total. The molecule has 6 nitrogen and oxygen atoms in total. The molecule has 0 bridgehead atoms. The summed E-state index contributed by atoms with van der Waals surface area (Å²) in [5.41, 5.74) is 1.68. The monoisotopic (exact) mass is 463 g/mol. The number of rotatable bonds is 2. The molecular weight excluding hydrogens is 430 g/mol. The molecule has 1 spiro atoms.